The molecule has 0 saturated heterocycles. The Bertz CT molecular complexity index is 1030. The predicted molar refractivity (Wildman–Crippen MR) is 344 cm³/mol. The second kappa shape index (κ2) is 69.7. The van der Waals surface area contributed by atoms with Crippen molar-refractivity contribution in [3.63, 3.8) is 0 Å². The van der Waals surface area contributed by atoms with E-state index in [0.717, 1.165) is 78.2 Å². The van der Waals surface area contributed by atoms with Crippen LogP contribution in [0, 0.1) is 0 Å². The Kier molecular flexibility index (Phi) is 69.0. The van der Waals surface area contributed by atoms with Gasteiger partial charge in [0.05, 0.1) is 13.2 Å². The minimum Gasteiger partial charge on any atom is -0.353 e. The Morgan fingerprint density at radius 1 is 0.215 bits per heavy atom. The van der Waals surface area contributed by atoms with Gasteiger partial charge in [0.2, 0.25) is 0 Å². The molecule has 472 valence electrons. The van der Waals surface area contributed by atoms with Gasteiger partial charge in [0, 0.05) is 26.4 Å². The molecule has 0 aromatic carbocycles. The van der Waals surface area contributed by atoms with Crippen LogP contribution in [0.4, 0.5) is 0 Å². The van der Waals surface area contributed by atoms with E-state index in [2.05, 4.69) is 65.8 Å². The van der Waals surface area contributed by atoms with Gasteiger partial charge in [0.1, 0.15) is 0 Å². The largest absolute Gasteiger partial charge is 0.353 e. The van der Waals surface area contributed by atoms with Crippen LogP contribution in [0.1, 0.15) is 375 Å². The van der Waals surface area contributed by atoms with Gasteiger partial charge in [-0.25, -0.2) is 0 Å². The molecule has 0 bridgehead atoms. The molecule has 0 radical (unpaired) electrons. The zero-order chi connectivity index (χ0) is 57.1. The molecule has 0 fully saturated rings. The highest BCUT2D eigenvalue weighted by molar-refractivity contribution is 4.90. The molecule has 0 amide bonds. The van der Waals surface area contributed by atoms with Crippen LogP contribution in [0.3, 0.4) is 0 Å². The van der Waals surface area contributed by atoms with Gasteiger partial charge in [-0.3, -0.25) is 0 Å². The summed E-state index contributed by atoms with van der Waals surface area (Å²) in [6.07, 6.45) is 74.0. The van der Waals surface area contributed by atoms with Crippen molar-refractivity contribution in [3.05, 3.63) is 24.3 Å². The summed E-state index contributed by atoms with van der Waals surface area (Å²) in [6.45, 7) is 18.5. The monoisotopic (exact) mass is 1120 g/mol. The number of rotatable bonds is 70. The molecule has 7 nitrogen and oxygen atoms in total. The van der Waals surface area contributed by atoms with Crippen molar-refractivity contribution in [1.29, 1.82) is 0 Å². The van der Waals surface area contributed by atoms with Crippen molar-refractivity contribution in [2.45, 2.75) is 401 Å². The number of unbranched alkanes of at least 4 members (excludes halogenated alkanes) is 42. The molecule has 0 aliphatic heterocycles. The molecule has 0 rings (SSSR count). The van der Waals surface area contributed by atoms with Gasteiger partial charge in [-0.05, 0) is 102 Å². The zero-order valence-corrected chi connectivity index (χ0v) is 54.5. The third kappa shape index (κ3) is 63.1. The van der Waals surface area contributed by atoms with E-state index in [0.29, 0.717) is 0 Å². The summed E-state index contributed by atoms with van der Waals surface area (Å²) >= 11 is 0. The van der Waals surface area contributed by atoms with E-state index in [1.54, 1.807) is 0 Å². The van der Waals surface area contributed by atoms with Crippen molar-refractivity contribution < 1.29 is 33.2 Å². The first kappa shape index (κ1) is 78.2. The molecule has 0 aliphatic rings. The average Bonchev–Trinajstić information content (AvgIpc) is 3.45. The lowest BCUT2D eigenvalue weighted by Gasteiger charge is -2.21. The first-order chi connectivity index (χ1) is 39.1. The first-order valence-electron chi connectivity index (χ1n) is 35.8. The van der Waals surface area contributed by atoms with Crippen LogP contribution in [0.2, 0.25) is 0 Å². The van der Waals surface area contributed by atoms with Crippen LogP contribution >= 0.6 is 0 Å². The van der Waals surface area contributed by atoms with E-state index < -0.39 is 0 Å². The third-order valence-electron chi connectivity index (χ3n) is 15.7. The summed E-state index contributed by atoms with van der Waals surface area (Å²) in [4.78, 5) is 0. The fraction of sp³-hybridized carbons (Fsp3) is 0.944. The standard InChI is InChI=1S/C72H142O7/c1-7-13-19-23-45-55-65-73-69(74-66-56-46-24-20-14-8-2)59-49-41-37-33-29-27-31-35-39-43-51-61-71(77-63-53-17-11-5)79-72(78-64-54-18-12-6)62-52-44-40-36-32-28-30-34-38-42-50-60-70(75-67-57-47-25-21-15-9-3)76-68-58-48-26-22-16-10-4/h51-52,61-62,69-72H,7-50,53-60,63-68H2,1-6H3. The van der Waals surface area contributed by atoms with Crippen LogP contribution in [0.25, 0.3) is 0 Å². The lowest BCUT2D eigenvalue weighted by atomic mass is 10.1. The molecule has 0 spiro atoms. The smallest absolute Gasteiger partial charge is 0.180 e. The van der Waals surface area contributed by atoms with Crippen LogP contribution in [-0.4, -0.2) is 64.8 Å². The summed E-state index contributed by atoms with van der Waals surface area (Å²) < 4.78 is 44.3. The lowest BCUT2D eigenvalue weighted by molar-refractivity contribution is -0.208. The number of hydrogen-bond donors (Lipinski definition) is 0. The van der Waals surface area contributed by atoms with E-state index in [1.165, 1.54) is 295 Å². The minimum atomic E-state index is -0.375. The summed E-state index contributed by atoms with van der Waals surface area (Å²) in [5, 5.41) is 0. The molecular formula is C72H142O7. The van der Waals surface area contributed by atoms with Crippen LogP contribution in [0.5, 0.6) is 0 Å². The van der Waals surface area contributed by atoms with E-state index in [4.69, 9.17) is 33.2 Å². The quantitative estimate of drug-likeness (QED) is 0.0342. The highest BCUT2D eigenvalue weighted by Gasteiger charge is 2.15. The Morgan fingerprint density at radius 2 is 0.418 bits per heavy atom. The highest BCUT2D eigenvalue weighted by Crippen LogP contribution is 2.19. The average molecular weight is 1120 g/mol. The molecule has 0 aromatic rings. The van der Waals surface area contributed by atoms with Crippen molar-refractivity contribution in [3.8, 4) is 0 Å². The van der Waals surface area contributed by atoms with Crippen molar-refractivity contribution >= 4 is 0 Å². The normalized spacial score (nSPS) is 13.0. The second-order valence-electron chi connectivity index (χ2n) is 23.8. The summed E-state index contributed by atoms with van der Waals surface area (Å²) in [5.41, 5.74) is 0. The van der Waals surface area contributed by atoms with Crippen LogP contribution < -0.4 is 0 Å². The Hall–Kier alpha value is -0.800. The molecule has 7 heteroatoms. The molecule has 79 heavy (non-hydrogen) atoms. The van der Waals surface area contributed by atoms with Gasteiger partial charge in [-0.1, -0.05) is 298 Å². The van der Waals surface area contributed by atoms with Gasteiger partial charge >= 0.3 is 0 Å². The van der Waals surface area contributed by atoms with Crippen molar-refractivity contribution in [2.75, 3.05) is 39.6 Å². The highest BCUT2D eigenvalue weighted by atomic mass is 16.8. The van der Waals surface area contributed by atoms with Gasteiger partial charge < -0.3 is 33.2 Å². The van der Waals surface area contributed by atoms with E-state index in [9.17, 15) is 0 Å². The fourth-order valence-corrected chi connectivity index (χ4v) is 10.4. The molecule has 0 heterocycles. The summed E-state index contributed by atoms with van der Waals surface area (Å²) in [5.74, 6) is 0. The number of allylic oxidation sites excluding steroid dienone is 2. The second-order valence-corrected chi connectivity index (χ2v) is 23.8. The molecular weight excluding hydrogens is 977 g/mol. The molecule has 0 saturated carbocycles. The van der Waals surface area contributed by atoms with Gasteiger partial charge in [0.15, 0.2) is 25.2 Å². The predicted octanol–water partition coefficient (Wildman–Crippen LogP) is 23.9. The van der Waals surface area contributed by atoms with E-state index in [-0.39, 0.29) is 25.2 Å². The van der Waals surface area contributed by atoms with Crippen LogP contribution in [0.15, 0.2) is 24.3 Å². The first-order valence-corrected chi connectivity index (χ1v) is 35.8. The molecule has 0 aliphatic carbocycles. The SMILES string of the molecule is CCCCCCCCOC(CCCCCCCCCCCC=CC(OCCCCC)OC(C=CCCCCCCCCCCCC(OCCCCCCCC)OCCCCCCCC)OCCCCC)OCCCCCCCC. The Balaban J connectivity index is 4.59. The zero-order valence-electron chi connectivity index (χ0n) is 54.5. The summed E-state index contributed by atoms with van der Waals surface area (Å²) in [7, 11) is 0. The third-order valence-corrected chi connectivity index (χ3v) is 15.7. The number of ether oxygens (including phenoxy) is 7. The number of hydrogen-bond acceptors (Lipinski definition) is 7. The summed E-state index contributed by atoms with van der Waals surface area (Å²) in [6, 6.07) is 0. The molecule has 2 atom stereocenters. The van der Waals surface area contributed by atoms with Crippen LogP contribution in [-0.2, 0) is 33.2 Å². The molecule has 2 unspecified atom stereocenters. The molecule has 0 N–H and O–H groups in total. The maximum Gasteiger partial charge on any atom is 0.180 e. The van der Waals surface area contributed by atoms with Gasteiger partial charge in [-0.2, -0.15) is 0 Å². The van der Waals surface area contributed by atoms with E-state index in [1.807, 2.05) is 0 Å². The fourth-order valence-electron chi connectivity index (χ4n) is 10.4. The maximum atomic E-state index is 6.54. The van der Waals surface area contributed by atoms with Gasteiger partial charge in [0.25, 0.3) is 0 Å². The van der Waals surface area contributed by atoms with Crippen molar-refractivity contribution in [1.82, 2.24) is 0 Å². The topological polar surface area (TPSA) is 64.6 Å². The Morgan fingerprint density at radius 3 is 0.696 bits per heavy atom. The minimum absolute atomic E-state index is 0.00526. The lowest BCUT2D eigenvalue weighted by Crippen LogP contribution is -2.25. The molecule has 0 aromatic heterocycles. The van der Waals surface area contributed by atoms with E-state index >= 15 is 0 Å². The Labute approximate surface area is 495 Å². The maximum absolute atomic E-state index is 6.54. The van der Waals surface area contributed by atoms with Crippen molar-refractivity contribution in [2.24, 2.45) is 0 Å². The van der Waals surface area contributed by atoms with Gasteiger partial charge in [-0.15, -0.1) is 0 Å².